The smallest absolute Gasteiger partial charge is 0.242 e. The number of halogens is 1. The number of rotatable bonds is 4. The van der Waals surface area contributed by atoms with Gasteiger partial charge in [0.05, 0.1) is 17.2 Å². The van der Waals surface area contributed by atoms with Crippen LogP contribution < -0.4 is 5.32 Å². The molecule has 2 fully saturated rings. The summed E-state index contributed by atoms with van der Waals surface area (Å²) in [5.74, 6) is 1.04. The Bertz CT molecular complexity index is 650. The zero-order valence-electron chi connectivity index (χ0n) is 16.1. The van der Waals surface area contributed by atoms with Crippen LogP contribution in [0.1, 0.15) is 44.3 Å². The van der Waals surface area contributed by atoms with Crippen LogP contribution in [-0.2, 0) is 16.6 Å². The van der Waals surface area contributed by atoms with Gasteiger partial charge >= 0.3 is 0 Å². The Labute approximate surface area is 177 Å². The van der Waals surface area contributed by atoms with Gasteiger partial charge in [0.2, 0.25) is 5.91 Å². The molecule has 0 atom stereocenters. The molecule has 1 aromatic heterocycles. The summed E-state index contributed by atoms with van der Waals surface area (Å²) in [7, 11) is 1.78. The number of aromatic nitrogens is 1. The number of carbonyl (C=O) groups excluding carboxylic acids is 1. The van der Waals surface area contributed by atoms with E-state index in [1.807, 2.05) is 4.90 Å². The second kappa shape index (κ2) is 8.86. The molecule has 0 unspecified atom stereocenters. The molecule has 8 heteroatoms. The monoisotopic (exact) mass is 491 g/mol. The van der Waals surface area contributed by atoms with Gasteiger partial charge in [0.1, 0.15) is 0 Å². The zero-order valence-corrected chi connectivity index (χ0v) is 19.3. The second-order valence-electron chi connectivity index (χ2n) is 7.84. The number of hydrogen-bond acceptors (Lipinski definition) is 4. The molecule has 1 amide bonds. The normalized spacial score (nSPS) is 18.8. The van der Waals surface area contributed by atoms with Gasteiger partial charge in [0, 0.05) is 49.9 Å². The SMILES string of the molecule is CN=C(NCCc1nc(C(C)(C)C)cs1)N1CCN(C2CC2)C(=O)C1.I. The maximum atomic E-state index is 12.3. The minimum absolute atomic E-state index is 0. The van der Waals surface area contributed by atoms with E-state index in [9.17, 15) is 4.79 Å². The number of carbonyl (C=O) groups is 1. The first-order valence-electron chi connectivity index (χ1n) is 9.08. The van der Waals surface area contributed by atoms with E-state index in [0.29, 0.717) is 12.6 Å². The molecule has 0 bridgehead atoms. The molecule has 1 aliphatic heterocycles. The van der Waals surface area contributed by atoms with Gasteiger partial charge in [0.15, 0.2) is 5.96 Å². The Kier molecular flexibility index (Phi) is 7.29. The van der Waals surface area contributed by atoms with Crippen LogP contribution in [0.2, 0.25) is 0 Å². The summed E-state index contributed by atoms with van der Waals surface area (Å²) in [6.07, 6.45) is 3.21. The summed E-state index contributed by atoms with van der Waals surface area (Å²) in [5, 5.41) is 6.68. The summed E-state index contributed by atoms with van der Waals surface area (Å²) in [5.41, 5.74) is 1.25. The van der Waals surface area contributed by atoms with Gasteiger partial charge < -0.3 is 15.1 Å². The van der Waals surface area contributed by atoms with Gasteiger partial charge in [-0.05, 0) is 12.8 Å². The van der Waals surface area contributed by atoms with Gasteiger partial charge in [-0.2, -0.15) is 0 Å². The van der Waals surface area contributed by atoms with Crippen LogP contribution in [0.3, 0.4) is 0 Å². The maximum Gasteiger partial charge on any atom is 0.242 e. The van der Waals surface area contributed by atoms with E-state index in [4.69, 9.17) is 4.98 Å². The highest BCUT2D eigenvalue weighted by molar-refractivity contribution is 14.0. The van der Waals surface area contributed by atoms with Crippen LogP contribution >= 0.6 is 35.3 Å². The molecule has 26 heavy (non-hydrogen) atoms. The summed E-state index contributed by atoms with van der Waals surface area (Å²) in [6.45, 7) is 9.43. The molecule has 0 radical (unpaired) electrons. The number of aliphatic imine (C=N–C) groups is 1. The van der Waals surface area contributed by atoms with Crippen molar-refractivity contribution in [1.29, 1.82) is 0 Å². The Morgan fingerprint density at radius 3 is 2.65 bits per heavy atom. The molecule has 1 saturated carbocycles. The van der Waals surface area contributed by atoms with Crippen molar-refractivity contribution >= 4 is 47.2 Å². The fourth-order valence-electron chi connectivity index (χ4n) is 3.02. The van der Waals surface area contributed by atoms with E-state index in [1.165, 1.54) is 12.8 Å². The van der Waals surface area contributed by atoms with Crippen molar-refractivity contribution in [3.05, 3.63) is 16.1 Å². The number of piperazine rings is 1. The van der Waals surface area contributed by atoms with Gasteiger partial charge in [0.25, 0.3) is 0 Å². The average molecular weight is 491 g/mol. The lowest BCUT2D eigenvalue weighted by molar-refractivity contribution is -0.135. The Morgan fingerprint density at radius 1 is 1.38 bits per heavy atom. The highest BCUT2D eigenvalue weighted by Crippen LogP contribution is 2.28. The molecule has 0 aromatic carbocycles. The molecular weight excluding hydrogens is 461 g/mol. The fourth-order valence-corrected chi connectivity index (χ4v) is 4.05. The van der Waals surface area contributed by atoms with Crippen molar-refractivity contribution in [2.75, 3.05) is 33.2 Å². The average Bonchev–Trinajstić information content (AvgIpc) is 3.27. The topological polar surface area (TPSA) is 60.8 Å². The molecule has 6 nitrogen and oxygen atoms in total. The molecule has 1 aliphatic carbocycles. The molecule has 1 saturated heterocycles. The zero-order chi connectivity index (χ0) is 18.0. The molecular formula is C18H30IN5OS. The first-order valence-corrected chi connectivity index (χ1v) is 9.96. The molecule has 2 heterocycles. The van der Waals surface area contributed by atoms with E-state index in [0.717, 1.165) is 42.7 Å². The number of guanidine groups is 1. The Morgan fingerprint density at radius 2 is 2.12 bits per heavy atom. The summed E-state index contributed by atoms with van der Waals surface area (Å²) in [4.78, 5) is 25.5. The van der Waals surface area contributed by atoms with Crippen molar-refractivity contribution < 1.29 is 4.79 Å². The largest absolute Gasteiger partial charge is 0.356 e. The van der Waals surface area contributed by atoms with Crippen LogP contribution in [0.4, 0.5) is 0 Å². The maximum absolute atomic E-state index is 12.3. The van der Waals surface area contributed by atoms with Crippen molar-refractivity contribution in [3.8, 4) is 0 Å². The number of amides is 1. The van der Waals surface area contributed by atoms with Crippen molar-refractivity contribution in [1.82, 2.24) is 20.1 Å². The lowest BCUT2D eigenvalue weighted by Gasteiger charge is -2.36. The second-order valence-corrected chi connectivity index (χ2v) is 8.78. The van der Waals surface area contributed by atoms with Crippen LogP contribution in [-0.4, -0.2) is 65.9 Å². The van der Waals surface area contributed by atoms with E-state index >= 15 is 0 Å². The standard InChI is InChI=1S/C18H29N5OS.HI/c1-18(2,3)14-12-25-15(21-14)7-8-20-17(19-4)22-9-10-23(13-5-6-13)16(24)11-22;/h12-13H,5-11H2,1-4H3,(H,19,20);1H. The molecule has 0 spiro atoms. The van der Waals surface area contributed by atoms with Gasteiger partial charge in [-0.1, -0.05) is 20.8 Å². The number of hydrogen-bond donors (Lipinski definition) is 1. The quantitative estimate of drug-likeness (QED) is 0.400. The third kappa shape index (κ3) is 5.31. The lowest BCUT2D eigenvalue weighted by Crippen LogP contribution is -2.55. The van der Waals surface area contributed by atoms with Crippen molar-refractivity contribution in [2.24, 2.45) is 4.99 Å². The van der Waals surface area contributed by atoms with Crippen LogP contribution in [0.15, 0.2) is 10.4 Å². The highest BCUT2D eigenvalue weighted by atomic mass is 127. The predicted octanol–water partition coefficient (Wildman–Crippen LogP) is 2.48. The van der Waals surface area contributed by atoms with Gasteiger partial charge in [-0.3, -0.25) is 9.79 Å². The molecule has 3 rings (SSSR count). The number of thiazole rings is 1. The highest BCUT2D eigenvalue weighted by Gasteiger charge is 2.36. The summed E-state index contributed by atoms with van der Waals surface area (Å²) >= 11 is 1.72. The minimum Gasteiger partial charge on any atom is -0.356 e. The molecule has 1 N–H and O–H groups in total. The Balaban J connectivity index is 0.00000243. The molecule has 1 aromatic rings. The van der Waals surface area contributed by atoms with E-state index in [2.05, 4.69) is 41.4 Å². The number of nitrogens with zero attached hydrogens (tertiary/aromatic N) is 4. The minimum atomic E-state index is 0. The van der Waals surface area contributed by atoms with Crippen molar-refractivity contribution in [2.45, 2.75) is 51.5 Å². The number of nitrogens with one attached hydrogen (secondary N) is 1. The summed E-state index contributed by atoms with van der Waals surface area (Å²) in [6, 6.07) is 0.506. The fraction of sp³-hybridized carbons (Fsp3) is 0.722. The first-order chi connectivity index (χ1) is 11.9. The van der Waals surface area contributed by atoms with E-state index in [-0.39, 0.29) is 35.3 Å². The third-order valence-electron chi connectivity index (χ3n) is 4.70. The van der Waals surface area contributed by atoms with Crippen LogP contribution in [0.25, 0.3) is 0 Å². The van der Waals surface area contributed by atoms with Crippen molar-refractivity contribution in [3.63, 3.8) is 0 Å². The molecule has 146 valence electrons. The summed E-state index contributed by atoms with van der Waals surface area (Å²) < 4.78 is 0. The predicted molar refractivity (Wildman–Crippen MR) is 118 cm³/mol. The van der Waals surface area contributed by atoms with E-state index < -0.39 is 0 Å². The first kappa shape index (κ1) is 21.4. The third-order valence-corrected chi connectivity index (χ3v) is 5.61. The van der Waals surface area contributed by atoms with Gasteiger partial charge in [-0.15, -0.1) is 35.3 Å². The van der Waals surface area contributed by atoms with Crippen LogP contribution in [0.5, 0.6) is 0 Å². The van der Waals surface area contributed by atoms with Crippen LogP contribution in [0, 0.1) is 0 Å². The molecule has 2 aliphatic rings. The lowest BCUT2D eigenvalue weighted by atomic mass is 9.93. The van der Waals surface area contributed by atoms with E-state index in [1.54, 1.807) is 18.4 Å². The Hall–Kier alpha value is -0.900. The van der Waals surface area contributed by atoms with Gasteiger partial charge in [-0.25, -0.2) is 4.98 Å².